The monoisotopic (exact) mass is 441 g/mol. The molecule has 0 atom stereocenters. The highest BCUT2D eigenvalue weighted by Gasteiger charge is 2.28. The van der Waals surface area contributed by atoms with Crippen LogP contribution < -0.4 is 5.56 Å². The zero-order valence-corrected chi connectivity index (χ0v) is 17.2. The molecule has 1 N–H and O–H groups in total. The number of nitrogens with zero attached hydrogens (tertiary/aromatic N) is 2. The fourth-order valence-corrected chi connectivity index (χ4v) is 4.80. The van der Waals surface area contributed by atoms with Crippen molar-refractivity contribution in [2.75, 3.05) is 20.3 Å². The van der Waals surface area contributed by atoms with Gasteiger partial charge in [-0.15, -0.1) is 0 Å². The van der Waals surface area contributed by atoms with Crippen molar-refractivity contribution in [1.82, 2.24) is 14.3 Å². The van der Waals surface area contributed by atoms with Crippen LogP contribution in [0.4, 0.5) is 0 Å². The highest BCUT2D eigenvalue weighted by Crippen LogP contribution is 2.31. The number of sulfonamides is 1. The van der Waals surface area contributed by atoms with Crippen LogP contribution in [0.1, 0.15) is 5.82 Å². The number of H-pyrrole nitrogens is 1. The first-order valence-electron chi connectivity index (χ1n) is 8.25. The Labute approximate surface area is 171 Å². The van der Waals surface area contributed by atoms with E-state index in [0.717, 1.165) is 4.31 Å². The highest BCUT2D eigenvalue weighted by atomic mass is 35.5. The van der Waals surface area contributed by atoms with Gasteiger partial charge in [0.25, 0.3) is 5.56 Å². The van der Waals surface area contributed by atoms with Gasteiger partial charge in [0, 0.05) is 13.7 Å². The molecule has 0 saturated heterocycles. The second-order valence-electron chi connectivity index (χ2n) is 5.91. The Balaban J connectivity index is 2.03. The maximum atomic E-state index is 13.2. The summed E-state index contributed by atoms with van der Waals surface area (Å²) in [5.74, 6) is 0.210. The minimum absolute atomic E-state index is 0.0399. The first-order valence-corrected chi connectivity index (χ1v) is 10.4. The van der Waals surface area contributed by atoms with Gasteiger partial charge in [-0.05, 0) is 24.3 Å². The lowest BCUT2D eigenvalue weighted by Crippen LogP contribution is -2.35. The van der Waals surface area contributed by atoms with E-state index in [1.165, 1.54) is 25.3 Å². The molecule has 0 amide bonds. The van der Waals surface area contributed by atoms with Gasteiger partial charge in [0.2, 0.25) is 10.0 Å². The third-order valence-corrected chi connectivity index (χ3v) is 6.89. The van der Waals surface area contributed by atoms with E-state index < -0.39 is 10.0 Å². The van der Waals surface area contributed by atoms with E-state index in [4.69, 9.17) is 27.9 Å². The molecule has 28 heavy (non-hydrogen) atoms. The quantitative estimate of drug-likeness (QED) is 0.607. The van der Waals surface area contributed by atoms with Gasteiger partial charge in [0.15, 0.2) is 0 Å². The Kier molecular flexibility index (Phi) is 6.36. The number of fused-ring (bicyclic) bond motifs is 1. The molecule has 1 heterocycles. The van der Waals surface area contributed by atoms with Crippen LogP contribution in [0.15, 0.2) is 52.2 Å². The molecule has 0 bridgehead atoms. The van der Waals surface area contributed by atoms with Crippen molar-refractivity contribution in [3.05, 3.63) is 68.7 Å². The van der Waals surface area contributed by atoms with Crippen molar-refractivity contribution in [3.63, 3.8) is 0 Å². The normalized spacial score (nSPS) is 12.0. The summed E-state index contributed by atoms with van der Waals surface area (Å²) in [7, 11) is -2.55. The van der Waals surface area contributed by atoms with E-state index in [-0.39, 0.29) is 46.0 Å². The summed E-state index contributed by atoms with van der Waals surface area (Å²) in [4.78, 5) is 19.2. The van der Waals surface area contributed by atoms with Gasteiger partial charge in [-0.2, -0.15) is 4.31 Å². The second kappa shape index (κ2) is 8.59. The third-order valence-electron chi connectivity index (χ3n) is 4.07. The van der Waals surface area contributed by atoms with Crippen LogP contribution in [0.25, 0.3) is 10.9 Å². The SMILES string of the molecule is COCCN(Cc1nc2ccccc2c(=O)[nH]1)S(=O)(=O)c1cccc(Cl)c1Cl. The van der Waals surface area contributed by atoms with Gasteiger partial charge in [0.1, 0.15) is 10.7 Å². The molecule has 7 nitrogen and oxygen atoms in total. The zero-order chi connectivity index (χ0) is 20.3. The highest BCUT2D eigenvalue weighted by molar-refractivity contribution is 7.89. The molecule has 3 rings (SSSR count). The van der Waals surface area contributed by atoms with Crippen LogP contribution in [0, 0.1) is 0 Å². The molecule has 1 aromatic heterocycles. The molecule has 0 aliphatic carbocycles. The molecule has 10 heteroatoms. The number of aromatic nitrogens is 2. The van der Waals surface area contributed by atoms with Crippen LogP contribution in [0.5, 0.6) is 0 Å². The number of hydrogen-bond donors (Lipinski definition) is 1. The molecule has 2 aromatic carbocycles. The number of para-hydroxylation sites is 1. The lowest BCUT2D eigenvalue weighted by atomic mass is 10.2. The van der Waals surface area contributed by atoms with Crippen molar-refractivity contribution >= 4 is 44.1 Å². The molecule has 3 aromatic rings. The molecule has 0 radical (unpaired) electrons. The van der Waals surface area contributed by atoms with Gasteiger partial charge in [-0.3, -0.25) is 4.79 Å². The average molecular weight is 442 g/mol. The number of ether oxygens (including phenoxy) is 1. The van der Waals surface area contributed by atoms with Crippen LogP contribution >= 0.6 is 23.2 Å². The maximum Gasteiger partial charge on any atom is 0.258 e. The largest absolute Gasteiger partial charge is 0.383 e. The molecule has 0 aliphatic heterocycles. The molecular weight excluding hydrogens is 425 g/mol. The van der Waals surface area contributed by atoms with Crippen molar-refractivity contribution < 1.29 is 13.2 Å². The molecule has 0 spiro atoms. The standard InChI is InChI=1S/C18H17Cl2N3O4S/c1-27-10-9-23(28(25,26)15-8-4-6-13(19)17(15)20)11-16-21-14-7-3-2-5-12(14)18(24)22-16/h2-8H,9-11H2,1H3,(H,21,22,24). The first kappa shape index (κ1) is 20.8. The maximum absolute atomic E-state index is 13.2. The van der Waals surface area contributed by atoms with Crippen LogP contribution in [0.2, 0.25) is 10.0 Å². The number of rotatable bonds is 7. The molecular formula is C18H17Cl2N3O4S. The topological polar surface area (TPSA) is 92.4 Å². The Hall–Kier alpha value is -1.97. The van der Waals surface area contributed by atoms with E-state index in [9.17, 15) is 13.2 Å². The Morgan fingerprint density at radius 3 is 2.64 bits per heavy atom. The zero-order valence-electron chi connectivity index (χ0n) is 14.9. The summed E-state index contributed by atoms with van der Waals surface area (Å²) in [5, 5.41) is 0.494. The summed E-state index contributed by atoms with van der Waals surface area (Å²) in [6.45, 7) is 0.0298. The number of methoxy groups -OCH3 is 1. The van der Waals surface area contributed by atoms with Crippen LogP contribution in [-0.4, -0.2) is 43.0 Å². The van der Waals surface area contributed by atoms with E-state index in [2.05, 4.69) is 9.97 Å². The molecule has 0 fully saturated rings. The summed E-state index contributed by atoms with van der Waals surface area (Å²) in [5.41, 5.74) is 0.136. The lowest BCUT2D eigenvalue weighted by molar-refractivity contribution is 0.176. The van der Waals surface area contributed by atoms with Crippen molar-refractivity contribution in [1.29, 1.82) is 0 Å². The number of aromatic amines is 1. The van der Waals surface area contributed by atoms with Crippen LogP contribution in [0.3, 0.4) is 0 Å². The molecule has 0 aliphatic rings. The fraction of sp³-hybridized carbons (Fsp3) is 0.222. The van der Waals surface area contributed by atoms with E-state index in [1.54, 1.807) is 24.3 Å². The molecule has 0 unspecified atom stereocenters. The minimum Gasteiger partial charge on any atom is -0.383 e. The predicted octanol–water partition coefficient (Wildman–Crippen LogP) is 3.07. The minimum atomic E-state index is -4.02. The number of nitrogens with one attached hydrogen (secondary N) is 1. The van der Waals surface area contributed by atoms with Gasteiger partial charge in [-0.25, -0.2) is 13.4 Å². The van der Waals surface area contributed by atoms with Gasteiger partial charge >= 0.3 is 0 Å². The average Bonchev–Trinajstić information content (AvgIpc) is 2.67. The number of hydrogen-bond acceptors (Lipinski definition) is 5. The van der Waals surface area contributed by atoms with Crippen molar-refractivity contribution in [2.45, 2.75) is 11.4 Å². The van der Waals surface area contributed by atoms with Gasteiger partial charge < -0.3 is 9.72 Å². The third kappa shape index (κ3) is 4.21. The van der Waals surface area contributed by atoms with Crippen molar-refractivity contribution in [3.8, 4) is 0 Å². The smallest absolute Gasteiger partial charge is 0.258 e. The summed E-state index contributed by atoms with van der Waals surface area (Å²) < 4.78 is 32.5. The summed E-state index contributed by atoms with van der Waals surface area (Å²) in [6, 6.07) is 11.2. The van der Waals surface area contributed by atoms with E-state index >= 15 is 0 Å². The predicted molar refractivity (Wildman–Crippen MR) is 108 cm³/mol. The Morgan fingerprint density at radius 1 is 1.14 bits per heavy atom. The van der Waals surface area contributed by atoms with Crippen molar-refractivity contribution in [2.24, 2.45) is 0 Å². The Bertz CT molecular complexity index is 1160. The summed E-state index contributed by atoms with van der Waals surface area (Å²) >= 11 is 12.1. The first-order chi connectivity index (χ1) is 13.3. The Morgan fingerprint density at radius 2 is 1.89 bits per heavy atom. The molecule has 148 valence electrons. The lowest BCUT2D eigenvalue weighted by Gasteiger charge is -2.22. The molecule has 0 saturated carbocycles. The fourth-order valence-electron chi connectivity index (χ4n) is 2.68. The number of benzene rings is 2. The van der Waals surface area contributed by atoms with E-state index in [0.29, 0.717) is 10.9 Å². The van der Waals surface area contributed by atoms with E-state index in [1.807, 2.05) is 0 Å². The number of halogens is 2. The van der Waals surface area contributed by atoms with Gasteiger partial charge in [-0.1, -0.05) is 41.4 Å². The summed E-state index contributed by atoms with van der Waals surface area (Å²) in [6.07, 6.45) is 0. The van der Waals surface area contributed by atoms with Crippen LogP contribution in [-0.2, 0) is 21.3 Å². The second-order valence-corrected chi connectivity index (χ2v) is 8.60. The van der Waals surface area contributed by atoms with Gasteiger partial charge in [0.05, 0.1) is 34.1 Å².